The molecule has 6 heteroatoms. The van der Waals surface area contributed by atoms with Gasteiger partial charge in [-0.15, -0.1) is 0 Å². The molecule has 0 N–H and O–H groups in total. The Balaban J connectivity index is 2.05. The second kappa shape index (κ2) is 18.7. The highest BCUT2D eigenvalue weighted by Crippen LogP contribution is 2.29. The van der Waals surface area contributed by atoms with Crippen molar-refractivity contribution in [2.24, 2.45) is 5.41 Å². The van der Waals surface area contributed by atoms with E-state index < -0.39 is 0 Å². The van der Waals surface area contributed by atoms with Crippen molar-refractivity contribution < 1.29 is 28.5 Å². The Morgan fingerprint density at radius 3 is 1.83 bits per heavy atom. The molecule has 0 aromatic heterocycles. The lowest BCUT2D eigenvalue weighted by Gasteiger charge is -2.20. The fourth-order valence-corrected chi connectivity index (χ4v) is 3.50. The molecule has 0 atom stereocenters. The second-order valence-corrected chi connectivity index (χ2v) is 9.63. The smallest absolute Gasteiger partial charge is 0.330 e. The SMILES string of the molecule is CCOc1ccc(/C=C/C(=O)OCCCCCCCCCCCOC(=O)C(C)(C)CC)cc1OCC. The zero-order valence-electron chi connectivity index (χ0n) is 23.2. The quantitative estimate of drug-likeness (QED) is 0.104. The molecule has 0 aliphatic carbocycles. The normalized spacial score (nSPS) is 11.5. The minimum absolute atomic E-state index is 0.0876. The first kappa shape index (κ1) is 31.5. The van der Waals surface area contributed by atoms with Crippen molar-refractivity contribution in [1.29, 1.82) is 0 Å². The van der Waals surface area contributed by atoms with E-state index in [-0.39, 0.29) is 17.4 Å². The molecular formula is C30H48O6. The summed E-state index contributed by atoms with van der Waals surface area (Å²) in [5, 5.41) is 0. The van der Waals surface area contributed by atoms with Crippen LogP contribution in [0.2, 0.25) is 0 Å². The number of carbonyl (C=O) groups excluding carboxylic acids is 2. The lowest BCUT2D eigenvalue weighted by molar-refractivity contribution is -0.154. The van der Waals surface area contributed by atoms with Crippen LogP contribution < -0.4 is 9.47 Å². The zero-order valence-corrected chi connectivity index (χ0v) is 23.2. The predicted octanol–water partition coefficient (Wildman–Crippen LogP) is 7.53. The van der Waals surface area contributed by atoms with Crippen molar-refractivity contribution >= 4 is 18.0 Å². The Labute approximate surface area is 218 Å². The third kappa shape index (κ3) is 13.6. The van der Waals surface area contributed by atoms with Crippen LogP contribution in [0.1, 0.15) is 104 Å². The lowest BCUT2D eigenvalue weighted by atomic mass is 9.91. The van der Waals surface area contributed by atoms with Crippen LogP contribution in [-0.2, 0) is 19.1 Å². The summed E-state index contributed by atoms with van der Waals surface area (Å²) in [6, 6.07) is 5.60. The van der Waals surface area contributed by atoms with Crippen molar-refractivity contribution in [3.8, 4) is 11.5 Å². The molecule has 1 aromatic rings. The summed E-state index contributed by atoms with van der Waals surface area (Å²) in [4.78, 5) is 23.9. The zero-order chi connectivity index (χ0) is 26.7. The summed E-state index contributed by atoms with van der Waals surface area (Å²) in [6.07, 6.45) is 14.0. The number of esters is 2. The van der Waals surface area contributed by atoms with E-state index in [2.05, 4.69) is 0 Å². The van der Waals surface area contributed by atoms with Gasteiger partial charge in [-0.2, -0.15) is 0 Å². The highest BCUT2D eigenvalue weighted by Gasteiger charge is 2.26. The number of rotatable bonds is 20. The van der Waals surface area contributed by atoms with Crippen LogP contribution >= 0.6 is 0 Å². The summed E-state index contributed by atoms with van der Waals surface area (Å²) in [7, 11) is 0. The van der Waals surface area contributed by atoms with Gasteiger partial charge in [0, 0.05) is 6.08 Å². The summed E-state index contributed by atoms with van der Waals surface area (Å²) >= 11 is 0. The molecule has 1 aromatic carbocycles. The first-order valence-electron chi connectivity index (χ1n) is 13.8. The Bertz CT molecular complexity index is 784. The summed E-state index contributed by atoms with van der Waals surface area (Å²) in [5.41, 5.74) is 0.487. The van der Waals surface area contributed by atoms with Crippen LogP contribution in [0.15, 0.2) is 24.3 Å². The van der Waals surface area contributed by atoms with Gasteiger partial charge >= 0.3 is 11.9 Å². The van der Waals surface area contributed by atoms with Crippen LogP contribution in [0.4, 0.5) is 0 Å². The summed E-state index contributed by atoms with van der Waals surface area (Å²) < 4.78 is 21.9. The molecule has 36 heavy (non-hydrogen) atoms. The topological polar surface area (TPSA) is 71.1 Å². The third-order valence-corrected chi connectivity index (χ3v) is 6.18. The minimum Gasteiger partial charge on any atom is -0.490 e. The van der Waals surface area contributed by atoms with Crippen LogP contribution in [0.25, 0.3) is 6.08 Å². The number of benzene rings is 1. The van der Waals surface area contributed by atoms with Crippen molar-refractivity contribution in [2.45, 2.75) is 98.8 Å². The Kier molecular flexibility index (Phi) is 16.4. The van der Waals surface area contributed by atoms with Gasteiger partial charge in [-0.05, 0) is 70.7 Å². The second-order valence-electron chi connectivity index (χ2n) is 9.63. The molecule has 1 rings (SSSR count). The van der Waals surface area contributed by atoms with E-state index in [1.165, 1.54) is 31.8 Å². The van der Waals surface area contributed by atoms with Crippen LogP contribution in [0.3, 0.4) is 0 Å². The number of carbonyl (C=O) groups is 2. The molecule has 0 amide bonds. The molecule has 0 heterocycles. The van der Waals surface area contributed by atoms with Crippen molar-refractivity contribution in [3.05, 3.63) is 29.8 Å². The van der Waals surface area contributed by atoms with Crippen LogP contribution in [0, 0.1) is 5.41 Å². The van der Waals surface area contributed by atoms with Gasteiger partial charge < -0.3 is 18.9 Å². The highest BCUT2D eigenvalue weighted by atomic mass is 16.5. The first-order valence-corrected chi connectivity index (χ1v) is 13.8. The third-order valence-electron chi connectivity index (χ3n) is 6.18. The Hall–Kier alpha value is -2.50. The molecule has 0 spiro atoms. The number of ether oxygens (including phenoxy) is 4. The number of hydrogen-bond acceptors (Lipinski definition) is 6. The number of hydrogen-bond donors (Lipinski definition) is 0. The maximum atomic E-state index is 12.0. The molecule has 0 fully saturated rings. The van der Waals surface area contributed by atoms with Crippen LogP contribution in [0.5, 0.6) is 11.5 Å². The van der Waals surface area contributed by atoms with Crippen LogP contribution in [-0.4, -0.2) is 38.4 Å². The molecule has 0 aliphatic heterocycles. The van der Waals surface area contributed by atoms with Gasteiger partial charge in [-0.3, -0.25) is 4.79 Å². The maximum Gasteiger partial charge on any atom is 0.330 e. The van der Waals surface area contributed by atoms with E-state index in [4.69, 9.17) is 18.9 Å². The average Bonchev–Trinajstić information content (AvgIpc) is 2.86. The molecule has 0 unspecified atom stereocenters. The average molecular weight is 505 g/mol. The largest absolute Gasteiger partial charge is 0.490 e. The first-order chi connectivity index (χ1) is 17.3. The van der Waals surface area contributed by atoms with Gasteiger partial charge in [0.25, 0.3) is 0 Å². The predicted molar refractivity (Wildman–Crippen MR) is 145 cm³/mol. The molecule has 0 aliphatic rings. The van der Waals surface area contributed by atoms with Crippen molar-refractivity contribution in [1.82, 2.24) is 0 Å². The standard InChI is InChI=1S/C30H48O6/c1-6-30(4,5)29(32)36-23-17-15-13-11-9-10-12-14-16-22-35-28(31)21-19-25-18-20-26(33-7-2)27(24-25)34-8-3/h18-21,24H,6-17,22-23H2,1-5H3/b21-19+. The van der Waals surface area contributed by atoms with Crippen molar-refractivity contribution in [3.63, 3.8) is 0 Å². The Morgan fingerprint density at radius 2 is 1.28 bits per heavy atom. The molecule has 204 valence electrons. The molecule has 6 nitrogen and oxygen atoms in total. The van der Waals surface area contributed by atoms with E-state index in [0.717, 1.165) is 44.1 Å². The van der Waals surface area contributed by atoms with E-state index in [0.29, 0.717) is 37.9 Å². The molecule has 0 saturated carbocycles. The highest BCUT2D eigenvalue weighted by molar-refractivity contribution is 5.87. The summed E-state index contributed by atoms with van der Waals surface area (Å²) in [6.45, 7) is 11.8. The van der Waals surface area contributed by atoms with Gasteiger partial charge in [-0.25, -0.2) is 4.79 Å². The van der Waals surface area contributed by atoms with Gasteiger partial charge in [0.1, 0.15) is 0 Å². The molecule has 0 radical (unpaired) electrons. The summed E-state index contributed by atoms with van der Waals surface area (Å²) in [5.74, 6) is 0.960. The van der Waals surface area contributed by atoms with E-state index in [1.54, 1.807) is 6.08 Å². The van der Waals surface area contributed by atoms with Crippen molar-refractivity contribution in [2.75, 3.05) is 26.4 Å². The molecule has 0 saturated heterocycles. The monoisotopic (exact) mass is 504 g/mol. The van der Waals surface area contributed by atoms with E-state index in [9.17, 15) is 9.59 Å². The molecular weight excluding hydrogens is 456 g/mol. The maximum absolute atomic E-state index is 12.0. The lowest BCUT2D eigenvalue weighted by Crippen LogP contribution is -2.26. The minimum atomic E-state index is -0.375. The van der Waals surface area contributed by atoms with E-state index >= 15 is 0 Å². The van der Waals surface area contributed by atoms with Gasteiger partial charge in [0.15, 0.2) is 11.5 Å². The van der Waals surface area contributed by atoms with E-state index in [1.807, 2.05) is 52.8 Å². The van der Waals surface area contributed by atoms with Gasteiger partial charge in [0.05, 0.1) is 31.8 Å². The fraction of sp³-hybridized carbons (Fsp3) is 0.667. The Morgan fingerprint density at radius 1 is 0.750 bits per heavy atom. The molecule has 0 bridgehead atoms. The van der Waals surface area contributed by atoms with Gasteiger partial charge in [0.2, 0.25) is 0 Å². The number of unbranched alkanes of at least 4 members (excludes halogenated alkanes) is 8. The van der Waals surface area contributed by atoms with Gasteiger partial charge in [-0.1, -0.05) is 57.9 Å². The fourth-order valence-electron chi connectivity index (χ4n) is 3.50.